The topological polar surface area (TPSA) is 96.0 Å². The summed E-state index contributed by atoms with van der Waals surface area (Å²) in [7, 11) is -7.65. The lowest BCUT2D eigenvalue weighted by Gasteiger charge is -2.31. The molecule has 1 N–H and O–H groups in total. The number of nitrogens with zero attached hydrogens (tertiary/aromatic N) is 2. The van der Waals surface area contributed by atoms with Gasteiger partial charge in [-0.15, -0.1) is 0 Å². The number of sulfonamides is 2. The first-order valence-corrected chi connectivity index (χ1v) is 13.2. The Morgan fingerprint density at radius 1 is 0.968 bits per heavy atom. The number of ether oxygens (including phenoxy) is 1. The SMILES string of the molecule is CCN(CC)S(=O)(=O)c1ccc(N2CCOCC2)c(NS(=O)(=O)c2cccc(C)c2)c1. The minimum absolute atomic E-state index is 0.0511. The molecule has 10 heteroatoms. The average molecular weight is 468 g/mol. The number of anilines is 2. The van der Waals surface area contributed by atoms with Crippen molar-refractivity contribution in [3.8, 4) is 0 Å². The van der Waals surface area contributed by atoms with Gasteiger partial charge in [-0.1, -0.05) is 26.0 Å². The number of benzene rings is 2. The van der Waals surface area contributed by atoms with E-state index in [9.17, 15) is 16.8 Å². The van der Waals surface area contributed by atoms with Crippen LogP contribution in [0.15, 0.2) is 52.3 Å². The molecule has 0 aromatic heterocycles. The summed E-state index contributed by atoms with van der Waals surface area (Å²) in [6.07, 6.45) is 0. The molecule has 0 bridgehead atoms. The highest BCUT2D eigenvalue weighted by atomic mass is 32.2. The normalized spacial score (nSPS) is 15.3. The van der Waals surface area contributed by atoms with E-state index in [4.69, 9.17) is 4.74 Å². The lowest BCUT2D eigenvalue weighted by Crippen LogP contribution is -2.37. The van der Waals surface area contributed by atoms with Crippen LogP contribution in [0.2, 0.25) is 0 Å². The van der Waals surface area contributed by atoms with Crippen molar-refractivity contribution in [2.75, 3.05) is 49.0 Å². The predicted molar refractivity (Wildman–Crippen MR) is 122 cm³/mol. The second kappa shape index (κ2) is 9.56. The first-order chi connectivity index (χ1) is 14.7. The van der Waals surface area contributed by atoms with E-state index < -0.39 is 20.0 Å². The van der Waals surface area contributed by atoms with Crippen LogP contribution >= 0.6 is 0 Å². The van der Waals surface area contributed by atoms with Crippen molar-refractivity contribution in [1.29, 1.82) is 0 Å². The van der Waals surface area contributed by atoms with Crippen molar-refractivity contribution >= 4 is 31.4 Å². The first kappa shape index (κ1) is 23.5. The van der Waals surface area contributed by atoms with E-state index in [1.807, 2.05) is 17.9 Å². The largest absolute Gasteiger partial charge is 0.378 e. The van der Waals surface area contributed by atoms with Crippen molar-refractivity contribution in [1.82, 2.24) is 4.31 Å². The lowest BCUT2D eigenvalue weighted by atomic mass is 10.2. The minimum Gasteiger partial charge on any atom is -0.378 e. The van der Waals surface area contributed by atoms with Gasteiger partial charge in [0.15, 0.2) is 0 Å². The van der Waals surface area contributed by atoms with E-state index >= 15 is 0 Å². The summed E-state index contributed by atoms with van der Waals surface area (Å²) in [5.41, 5.74) is 1.67. The fourth-order valence-corrected chi connectivity index (χ4v) is 6.19. The third-order valence-electron chi connectivity index (χ3n) is 5.21. The third-order valence-corrected chi connectivity index (χ3v) is 8.62. The molecule has 1 saturated heterocycles. The van der Waals surface area contributed by atoms with Gasteiger partial charge in [-0.05, 0) is 42.8 Å². The van der Waals surface area contributed by atoms with Gasteiger partial charge in [0.2, 0.25) is 10.0 Å². The molecule has 0 amide bonds. The molecule has 0 spiro atoms. The molecule has 0 unspecified atom stereocenters. The van der Waals surface area contributed by atoms with Gasteiger partial charge in [0, 0.05) is 26.2 Å². The van der Waals surface area contributed by atoms with Crippen LogP contribution in [0, 0.1) is 6.92 Å². The Labute approximate surface area is 184 Å². The van der Waals surface area contributed by atoms with E-state index in [1.54, 1.807) is 32.0 Å². The zero-order valence-corrected chi connectivity index (χ0v) is 19.7. The summed E-state index contributed by atoms with van der Waals surface area (Å²) < 4.78 is 61.6. The highest BCUT2D eigenvalue weighted by Gasteiger charge is 2.26. The van der Waals surface area contributed by atoms with Gasteiger partial charge in [0.05, 0.1) is 34.4 Å². The van der Waals surface area contributed by atoms with Crippen LogP contribution in [0.3, 0.4) is 0 Å². The Kier molecular flexibility index (Phi) is 7.25. The zero-order valence-electron chi connectivity index (χ0n) is 18.0. The third kappa shape index (κ3) is 5.20. The van der Waals surface area contributed by atoms with Crippen LogP contribution in [-0.2, 0) is 24.8 Å². The Morgan fingerprint density at radius 3 is 2.26 bits per heavy atom. The van der Waals surface area contributed by atoms with Crippen LogP contribution in [0.25, 0.3) is 0 Å². The second-order valence-electron chi connectivity index (χ2n) is 7.29. The van der Waals surface area contributed by atoms with Gasteiger partial charge in [-0.2, -0.15) is 4.31 Å². The number of nitrogens with one attached hydrogen (secondary N) is 1. The Bertz CT molecular complexity index is 1120. The van der Waals surface area contributed by atoms with E-state index in [1.165, 1.54) is 22.5 Å². The minimum atomic E-state index is -3.91. The fourth-order valence-electron chi connectivity index (χ4n) is 3.54. The van der Waals surface area contributed by atoms with Gasteiger partial charge in [-0.3, -0.25) is 4.72 Å². The molecule has 1 aliphatic heterocycles. The molecule has 0 radical (unpaired) electrons. The van der Waals surface area contributed by atoms with Crippen molar-refractivity contribution in [3.63, 3.8) is 0 Å². The van der Waals surface area contributed by atoms with Crippen molar-refractivity contribution in [2.45, 2.75) is 30.6 Å². The van der Waals surface area contributed by atoms with Crippen LogP contribution in [0.1, 0.15) is 19.4 Å². The first-order valence-electron chi connectivity index (χ1n) is 10.3. The van der Waals surface area contributed by atoms with E-state index in [2.05, 4.69) is 4.72 Å². The quantitative estimate of drug-likeness (QED) is 0.641. The number of rotatable bonds is 8. The maximum Gasteiger partial charge on any atom is 0.261 e. The summed E-state index contributed by atoms with van der Waals surface area (Å²) in [4.78, 5) is 2.17. The van der Waals surface area contributed by atoms with E-state index in [0.29, 0.717) is 45.1 Å². The summed E-state index contributed by atoms with van der Waals surface area (Å²) in [6, 6.07) is 11.2. The Balaban J connectivity index is 2.08. The van der Waals surface area contributed by atoms with E-state index in [-0.39, 0.29) is 15.5 Å². The summed E-state index contributed by atoms with van der Waals surface area (Å²) in [5.74, 6) is 0. The standard InChI is InChI=1S/C21H29N3O5S2/c1-4-24(5-2)31(27,28)19-9-10-21(23-11-13-29-14-12-23)20(16-19)22-30(25,26)18-8-6-7-17(3)15-18/h6-10,15-16,22H,4-5,11-14H2,1-3H3. The number of hydrogen-bond acceptors (Lipinski definition) is 6. The highest BCUT2D eigenvalue weighted by molar-refractivity contribution is 7.92. The molecular formula is C21H29N3O5S2. The number of aryl methyl sites for hydroxylation is 1. The van der Waals surface area contributed by atoms with Gasteiger partial charge in [0.1, 0.15) is 0 Å². The number of morpholine rings is 1. The maximum absolute atomic E-state index is 13.1. The van der Waals surface area contributed by atoms with Gasteiger partial charge in [-0.25, -0.2) is 16.8 Å². The molecule has 1 heterocycles. The highest BCUT2D eigenvalue weighted by Crippen LogP contribution is 2.32. The van der Waals surface area contributed by atoms with Crippen LogP contribution in [0.5, 0.6) is 0 Å². The number of hydrogen-bond donors (Lipinski definition) is 1. The molecule has 2 aromatic carbocycles. The fraction of sp³-hybridized carbons (Fsp3) is 0.429. The Morgan fingerprint density at radius 2 is 1.65 bits per heavy atom. The van der Waals surface area contributed by atoms with Gasteiger partial charge < -0.3 is 9.64 Å². The molecule has 1 aliphatic rings. The Hall–Kier alpha value is -2.14. The van der Waals surface area contributed by atoms with Crippen LogP contribution in [-0.4, -0.2) is 60.5 Å². The average Bonchev–Trinajstić information content (AvgIpc) is 2.75. The zero-order chi connectivity index (χ0) is 22.6. The summed E-state index contributed by atoms with van der Waals surface area (Å²) in [5, 5.41) is 0. The van der Waals surface area contributed by atoms with Crippen molar-refractivity contribution in [2.24, 2.45) is 0 Å². The maximum atomic E-state index is 13.1. The molecule has 170 valence electrons. The molecule has 8 nitrogen and oxygen atoms in total. The van der Waals surface area contributed by atoms with Crippen molar-refractivity contribution in [3.05, 3.63) is 48.0 Å². The molecule has 0 atom stereocenters. The monoisotopic (exact) mass is 467 g/mol. The van der Waals surface area contributed by atoms with Crippen LogP contribution < -0.4 is 9.62 Å². The molecule has 1 fully saturated rings. The van der Waals surface area contributed by atoms with Crippen LogP contribution in [0.4, 0.5) is 11.4 Å². The molecule has 31 heavy (non-hydrogen) atoms. The van der Waals surface area contributed by atoms with Crippen molar-refractivity contribution < 1.29 is 21.6 Å². The summed E-state index contributed by atoms with van der Waals surface area (Å²) >= 11 is 0. The predicted octanol–water partition coefficient (Wildman–Crippen LogP) is 2.66. The molecular weight excluding hydrogens is 438 g/mol. The van der Waals surface area contributed by atoms with Gasteiger partial charge in [0.25, 0.3) is 10.0 Å². The molecule has 0 saturated carbocycles. The summed E-state index contributed by atoms with van der Waals surface area (Å²) in [6.45, 7) is 8.21. The second-order valence-corrected chi connectivity index (χ2v) is 10.9. The van der Waals surface area contributed by atoms with E-state index in [0.717, 1.165) is 5.56 Å². The molecule has 2 aromatic rings. The van der Waals surface area contributed by atoms with Gasteiger partial charge >= 0.3 is 0 Å². The molecule has 3 rings (SSSR count). The lowest BCUT2D eigenvalue weighted by molar-refractivity contribution is 0.123. The smallest absolute Gasteiger partial charge is 0.261 e. The molecule has 0 aliphatic carbocycles.